The summed E-state index contributed by atoms with van der Waals surface area (Å²) in [5.74, 6) is -0.966. The van der Waals surface area contributed by atoms with Crippen LogP contribution in [0.25, 0.3) is 0 Å². The molecule has 1 atom stereocenters. The fraction of sp³-hybridized carbons (Fsp3) is 0.500. The molecule has 0 aromatic heterocycles. The predicted octanol–water partition coefficient (Wildman–Crippen LogP) is 3.39. The van der Waals surface area contributed by atoms with Gasteiger partial charge >= 0.3 is 5.97 Å². The molecule has 1 saturated carbocycles. The van der Waals surface area contributed by atoms with Crippen molar-refractivity contribution in [2.24, 2.45) is 11.3 Å². The van der Waals surface area contributed by atoms with Crippen LogP contribution in [0.1, 0.15) is 29.6 Å². The van der Waals surface area contributed by atoms with Crippen LogP contribution in [0.3, 0.4) is 0 Å². The molecule has 1 heterocycles. The normalized spacial score (nSPS) is 22.6. The van der Waals surface area contributed by atoms with Crippen molar-refractivity contribution in [2.45, 2.75) is 24.2 Å². The number of carbonyl (C=O) groups excluding carboxylic acids is 1. The average molecular weight is 340 g/mol. The number of rotatable bonds is 3. The molecule has 22 heavy (non-hydrogen) atoms. The third-order valence-electron chi connectivity index (χ3n) is 4.94. The quantitative estimate of drug-likeness (QED) is 0.858. The van der Waals surface area contributed by atoms with Crippen molar-refractivity contribution in [3.63, 3.8) is 0 Å². The standard InChI is InChI=1S/C16H18ClNO3S/c1-22-10-2-3-13(17)11(8-10)14(19)18-6-4-16(5-7-18)9-12(16)15(20)21/h2-3,8,12H,4-7,9H2,1H3,(H,20,21). The van der Waals surface area contributed by atoms with Crippen LogP contribution in [0.2, 0.25) is 5.02 Å². The molecule has 118 valence electrons. The van der Waals surface area contributed by atoms with Gasteiger partial charge in [0.1, 0.15) is 0 Å². The van der Waals surface area contributed by atoms with Crippen LogP contribution in [0, 0.1) is 11.3 Å². The third kappa shape index (κ3) is 2.72. The fourth-order valence-corrected chi connectivity index (χ4v) is 4.01. The molecule has 6 heteroatoms. The summed E-state index contributed by atoms with van der Waals surface area (Å²) < 4.78 is 0. The van der Waals surface area contributed by atoms with Gasteiger partial charge in [0.25, 0.3) is 5.91 Å². The zero-order valence-electron chi connectivity index (χ0n) is 12.3. The number of carboxylic acids is 1. The van der Waals surface area contributed by atoms with Gasteiger partial charge in [-0.15, -0.1) is 11.8 Å². The third-order valence-corrected chi connectivity index (χ3v) is 5.99. The van der Waals surface area contributed by atoms with E-state index in [1.54, 1.807) is 22.7 Å². The summed E-state index contributed by atoms with van der Waals surface area (Å²) in [6.07, 6.45) is 4.26. The van der Waals surface area contributed by atoms with Gasteiger partial charge in [-0.05, 0) is 49.1 Å². The highest BCUT2D eigenvalue weighted by Gasteiger charge is 2.59. The van der Waals surface area contributed by atoms with Crippen molar-refractivity contribution < 1.29 is 14.7 Å². The number of thioether (sulfide) groups is 1. The predicted molar refractivity (Wildman–Crippen MR) is 86.5 cm³/mol. The van der Waals surface area contributed by atoms with Crippen LogP contribution in [-0.2, 0) is 4.79 Å². The Labute approximate surface area is 138 Å². The van der Waals surface area contributed by atoms with Crippen molar-refractivity contribution in [1.82, 2.24) is 4.90 Å². The number of carbonyl (C=O) groups is 2. The molecule has 1 aromatic carbocycles. The summed E-state index contributed by atoms with van der Waals surface area (Å²) in [6, 6.07) is 5.49. The maximum absolute atomic E-state index is 12.7. The second-order valence-corrected chi connectivity index (χ2v) is 7.38. The lowest BCUT2D eigenvalue weighted by molar-refractivity contribution is -0.139. The number of amides is 1. The van der Waals surface area contributed by atoms with E-state index >= 15 is 0 Å². The number of carboxylic acid groups (broad SMARTS) is 1. The van der Waals surface area contributed by atoms with Gasteiger partial charge in [0.15, 0.2) is 0 Å². The van der Waals surface area contributed by atoms with Gasteiger partial charge in [0, 0.05) is 18.0 Å². The molecule has 1 aliphatic heterocycles. The Morgan fingerprint density at radius 1 is 1.36 bits per heavy atom. The largest absolute Gasteiger partial charge is 0.481 e. The fourth-order valence-electron chi connectivity index (χ4n) is 3.37. The minimum Gasteiger partial charge on any atom is -0.481 e. The molecule has 1 N–H and O–H groups in total. The van der Waals surface area contributed by atoms with Gasteiger partial charge in [-0.2, -0.15) is 0 Å². The summed E-state index contributed by atoms with van der Waals surface area (Å²) >= 11 is 7.74. The molecule has 1 spiro atoms. The summed E-state index contributed by atoms with van der Waals surface area (Å²) in [5, 5.41) is 9.59. The average Bonchev–Trinajstić information content (AvgIpc) is 3.22. The molecular formula is C16H18ClNO3S. The van der Waals surface area contributed by atoms with Crippen LogP contribution < -0.4 is 0 Å². The van der Waals surface area contributed by atoms with E-state index < -0.39 is 5.97 Å². The Balaban J connectivity index is 1.69. The Morgan fingerprint density at radius 3 is 2.59 bits per heavy atom. The lowest BCUT2D eigenvalue weighted by atomic mass is 9.90. The number of piperidine rings is 1. The molecular weight excluding hydrogens is 322 g/mol. The Kier molecular flexibility index (Phi) is 4.12. The van der Waals surface area contributed by atoms with E-state index in [2.05, 4.69) is 0 Å². The number of hydrogen-bond donors (Lipinski definition) is 1. The minimum absolute atomic E-state index is 0.0525. The molecule has 1 saturated heterocycles. The smallest absolute Gasteiger partial charge is 0.307 e. The van der Waals surface area contributed by atoms with Crippen LogP contribution in [-0.4, -0.2) is 41.2 Å². The molecule has 2 aliphatic rings. The molecule has 1 unspecified atom stereocenters. The van der Waals surface area contributed by atoms with Gasteiger partial charge in [-0.3, -0.25) is 9.59 Å². The highest BCUT2D eigenvalue weighted by molar-refractivity contribution is 7.98. The van der Waals surface area contributed by atoms with Gasteiger partial charge < -0.3 is 10.0 Å². The van der Waals surface area contributed by atoms with E-state index in [4.69, 9.17) is 16.7 Å². The Morgan fingerprint density at radius 2 is 2.05 bits per heavy atom. The van der Waals surface area contributed by atoms with Crippen molar-refractivity contribution in [2.75, 3.05) is 19.3 Å². The minimum atomic E-state index is -0.699. The Bertz CT molecular complexity index is 626. The SMILES string of the molecule is CSc1ccc(Cl)c(C(=O)N2CCC3(CC2)CC3C(=O)O)c1. The number of aliphatic carboxylic acids is 1. The molecule has 2 fully saturated rings. The van der Waals surface area contributed by atoms with Crippen molar-refractivity contribution in [3.8, 4) is 0 Å². The maximum Gasteiger partial charge on any atom is 0.307 e. The molecule has 3 rings (SSSR count). The van der Waals surface area contributed by atoms with E-state index in [1.165, 1.54) is 0 Å². The topological polar surface area (TPSA) is 57.6 Å². The first-order chi connectivity index (χ1) is 10.5. The summed E-state index contributed by atoms with van der Waals surface area (Å²) in [6.45, 7) is 1.23. The van der Waals surface area contributed by atoms with Gasteiger partial charge in [0.05, 0.1) is 16.5 Å². The van der Waals surface area contributed by atoms with Crippen LogP contribution in [0.5, 0.6) is 0 Å². The van der Waals surface area contributed by atoms with Crippen LogP contribution in [0.4, 0.5) is 0 Å². The lowest BCUT2D eigenvalue weighted by Crippen LogP contribution is -2.40. The first-order valence-electron chi connectivity index (χ1n) is 7.32. The highest BCUT2D eigenvalue weighted by atomic mass is 35.5. The molecule has 0 radical (unpaired) electrons. The Hall–Kier alpha value is -1.20. The number of likely N-dealkylation sites (tertiary alicyclic amines) is 1. The van der Waals surface area contributed by atoms with Crippen LogP contribution >= 0.6 is 23.4 Å². The molecule has 1 aromatic rings. The first kappa shape index (κ1) is 15.7. The van der Waals surface area contributed by atoms with Crippen LogP contribution in [0.15, 0.2) is 23.1 Å². The zero-order valence-corrected chi connectivity index (χ0v) is 13.9. The molecule has 1 aliphatic carbocycles. The van der Waals surface area contributed by atoms with Crippen molar-refractivity contribution in [1.29, 1.82) is 0 Å². The lowest BCUT2D eigenvalue weighted by Gasteiger charge is -2.33. The highest BCUT2D eigenvalue weighted by Crippen LogP contribution is 2.59. The van der Waals surface area contributed by atoms with E-state index in [-0.39, 0.29) is 17.2 Å². The number of benzene rings is 1. The molecule has 0 bridgehead atoms. The second kappa shape index (κ2) is 5.78. The number of hydrogen-bond acceptors (Lipinski definition) is 3. The zero-order chi connectivity index (χ0) is 15.9. The summed E-state index contributed by atoms with van der Waals surface area (Å²) in [4.78, 5) is 26.5. The first-order valence-corrected chi connectivity index (χ1v) is 8.93. The van der Waals surface area contributed by atoms with Gasteiger partial charge in [-0.25, -0.2) is 0 Å². The number of halogens is 1. The van der Waals surface area contributed by atoms with E-state index in [1.807, 2.05) is 18.4 Å². The van der Waals surface area contributed by atoms with E-state index in [0.717, 1.165) is 24.2 Å². The molecule has 4 nitrogen and oxygen atoms in total. The summed E-state index contributed by atoms with van der Waals surface area (Å²) in [5.41, 5.74) is 0.475. The number of nitrogens with zero attached hydrogens (tertiary/aromatic N) is 1. The van der Waals surface area contributed by atoms with E-state index in [9.17, 15) is 9.59 Å². The van der Waals surface area contributed by atoms with Gasteiger partial charge in [-0.1, -0.05) is 11.6 Å². The second-order valence-electron chi connectivity index (χ2n) is 6.10. The monoisotopic (exact) mass is 339 g/mol. The van der Waals surface area contributed by atoms with Gasteiger partial charge in [0.2, 0.25) is 0 Å². The van der Waals surface area contributed by atoms with Crippen molar-refractivity contribution in [3.05, 3.63) is 28.8 Å². The van der Waals surface area contributed by atoms with E-state index in [0.29, 0.717) is 23.7 Å². The maximum atomic E-state index is 12.7. The summed E-state index contributed by atoms with van der Waals surface area (Å²) in [7, 11) is 0. The molecule has 1 amide bonds. The van der Waals surface area contributed by atoms with Crippen molar-refractivity contribution >= 4 is 35.2 Å².